The highest BCUT2D eigenvalue weighted by atomic mass is 32.2. The van der Waals surface area contributed by atoms with Gasteiger partial charge in [-0.15, -0.1) is 0 Å². The lowest BCUT2D eigenvalue weighted by molar-refractivity contribution is -0.125. The van der Waals surface area contributed by atoms with E-state index in [0.29, 0.717) is 18.5 Å². The number of aromatic hydroxyl groups is 1. The molecule has 1 aliphatic rings. The first-order valence-electron chi connectivity index (χ1n) is 5.97. The van der Waals surface area contributed by atoms with E-state index in [1.54, 1.807) is 6.07 Å². The van der Waals surface area contributed by atoms with Crippen molar-refractivity contribution >= 4 is 15.7 Å². The third-order valence-corrected chi connectivity index (χ3v) is 5.58. The van der Waals surface area contributed by atoms with E-state index in [1.807, 2.05) is 0 Å². The van der Waals surface area contributed by atoms with Crippen molar-refractivity contribution in [2.45, 2.75) is 30.6 Å². The fourth-order valence-corrected chi connectivity index (χ4v) is 3.59. The number of hydrogen-bond acceptors (Lipinski definition) is 5. The summed E-state index contributed by atoms with van der Waals surface area (Å²) in [5.74, 6) is -0.531. The van der Waals surface area contributed by atoms with Gasteiger partial charge in [-0.2, -0.15) is 0 Å². The van der Waals surface area contributed by atoms with E-state index in [0.717, 1.165) is 12.7 Å². The van der Waals surface area contributed by atoms with Gasteiger partial charge in [0.15, 0.2) is 9.84 Å². The van der Waals surface area contributed by atoms with Crippen molar-refractivity contribution in [1.82, 2.24) is 10.3 Å². The number of nitrogens with zero attached hydrogens (tertiary/aromatic N) is 1. The number of aromatic nitrogens is 1. The van der Waals surface area contributed by atoms with Crippen molar-refractivity contribution in [3.63, 3.8) is 0 Å². The summed E-state index contributed by atoms with van der Waals surface area (Å²) in [5.41, 5.74) is 0.318. The topological polar surface area (TPSA) is 96.4 Å². The molecular weight excluding hydrogens is 268 g/mol. The second kappa shape index (κ2) is 4.80. The third kappa shape index (κ3) is 2.42. The zero-order valence-electron chi connectivity index (χ0n) is 10.6. The molecule has 1 aromatic rings. The smallest absolute Gasteiger partial charge is 0.241 e. The van der Waals surface area contributed by atoms with Crippen LogP contribution in [0.4, 0.5) is 0 Å². The summed E-state index contributed by atoms with van der Waals surface area (Å²) >= 11 is 0. The molecule has 1 fully saturated rings. The van der Waals surface area contributed by atoms with Crippen LogP contribution in [0.15, 0.2) is 18.3 Å². The average molecular weight is 284 g/mol. The lowest BCUT2D eigenvalue weighted by Crippen LogP contribution is -2.56. The zero-order valence-corrected chi connectivity index (χ0v) is 11.4. The molecule has 0 unspecified atom stereocenters. The molecule has 1 aliphatic carbocycles. The summed E-state index contributed by atoms with van der Waals surface area (Å²) in [6.45, 7) is 0.0166. The molecule has 0 spiro atoms. The Balaban J connectivity index is 2.08. The number of nitrogens with one attached hydrogen (secondary N) is 1. The van der Waals surface area contributed by atoms with E-state index >= 15 is 0 Å². The van der Waals surface area contributed by atoms with E-state index < -0.39 is 20.5 Å². The van der Waals surface area contributed by atoms with Crippen LogP contribution in [-0.4, -0.2) is 35.4 Å². The highest BCUT2D eigenvalue weighted by molar-refractivity contribution is 7.93. The second-order valence-corrected chi connectivity index (χ2v) is 7.10. The molecule has 19 heavy (non-hydrogen) atoms. The Labute approximate surface area is 111 Å². The number of pyridine rings is 1. The molecule has 104 valence electrons. The minimum atomic E-state index is -3.44. The van der Waals surface area contributed by atoms with Crippen LogP contribution in [0.2, 0.25) is 0 Å². The number of carbonyl (C=O) groups is 1. The number of hydrogen-bond donors (Lipinski definition) is 2. The molecule has 2 rings (SSSR count). The summed E-state index contributed by atoms with van der Waals surface area (Å²) in [4.78, 5) is 16.0. The maximum absolute atomic E-state index is 12.1. The molecule has 1 saturated carbocycles. The van der Waals surface area contributed by atoms with E-state index in [-0.39, 0.29) is 12.3 Å². The maximum atomic E-state index is 12.1. The molecule has 0 radical (unpaired) electrons. The largest absolute Gasteiger partial charge is 0.506 e. The van der Waals surface area contributed by atoms with Gasteiger partial charge in [0.25, 0.3) is 0 Å². The Kier molecular flexibility index (Phi) is 3.49. The first-order valence-corrected chi connectivity index (χ1v) is 7.87. The summed E-state index contributed by atoms with van der Waals surface area (Å²) in [7, 11) is -3.44. The predicted molar refractivity (Wildman–Crippen MR) is 69.2 cm³/mol. The van der Waals surface area contributed by atoms with Crippen LogP contribution >= 0.6 is 0 Å². The first kappa shape index (κ1) is 13.8. The predicted octanol–water partition coefficient (Wildman–Crippen LogP) is 0.371. The van der Waals surface area contributed by atoms with Crippen molar-refractivity contribution < 1.29 is 18.3 Å². The highest BCUT2D eigenvalue weighted by Gasteiger charge is 2.52. The standard InChI is InChI=1S/C12H16N2O4S/c1-19(17,18)12(5-3-6-12)11(16)14-8-9-10(15)4-2-7-13-9/h2,4,7,15H,3,5-6,8H2,1H3,(H,14,16). The van der Waals surface area contributed by atoms with Crippen LogP contribution in [0.1, 0.15) is 25.0 Å². The minimum absolute atomic E-state index is 0.0166. The van der Waals surface area contributed by atoms with Crippen LogP contribution < -0.4 is 5.32 Å². The summed E-state index contributed by atoms with van der Waals surface area (Å²) in [6, 6.07) is 3.04. The van der Waals surface area contributed by atoms with Crippen molar-refractivity contribution in [1.29, 1.82) is 0 Å². The summed E-state index contributed by atoms with van der Waals surface area (Å²) in [6.07, 6.45) is 4.02. The van der Waals surface area contributed by atoms with Crippen LogP contribution in [0.3, 0.4) is 0 Å². The van der Waals surface area contributed by atoms with Crippen molar-refractivity contribution in [2.75, 3.05) is 6.26 Å². The van der Waals surface area contributed by atoms with Crippen molar-refractivity contribution in [3.8, 4) is 5.75 Å². The van der Waals surface area contributed by atoms with Gasteiger partial charge in [-0.05, 0) is 31.4 Å². The molecule has 0 atom stereocenters. The molecule has 2 N–H and O–H groups in total. The fraction of sp³-hybridized carbons (Fsp3) is 0.500. The minimum Gasteiger partial charge on any atom is -0.506 e. The van der Waals surface area contributed by atoms with Crippen molar-refractivity contribution in [3.05, 3.63) is 24.0 Å². The van der Waals surface area contributed by atoms with Gasteiger partial charge in [-0.1, -0.05) is 0 Å². The van der Waals surface area contributed by atoms with Gasteiger partial charge in [0.05, 0.1) is 6.54 Å². The summed E-state index contributed by atoms with van der Waals surface area (Å²) in [5, 5.41) is 12.1. The van der Waals surface area contributed by atoms with E-state index in [1.165, 1.54) is 12.3 Å². The zero-order chi connectivity index (χ0) is 14.1. The lowest BCUT2D eigenvalue weighted by Gasteiger charge is -2.38. The number of carbonyl (C=O) groups excluding carboxylic acids is 1. The normalized spacial score (nSPS) is 17.5. The molecule has 1 aromatic heterocycles. The Morgan fingerprint density at radius 1 is 1.53 bits per heavy atom. The molecular formula is C12H16N2O4S. The molecule has 0 aromatic carbocycles. The van der Waals surface area contributed by atoms with E-state index in [9.17, 15) is 18.3 Å². The van der Waals surface area contributed by atoms with Crippen LogP contribution in [0, 0.1) is 0 Å². The summed E-state index contributed by atoms with van der Waals surface area (Å²) < 4.78 is 22.2. The quantitative estimate of drug-likeness (QED) is 0.832. The molecule has 0 bridgehead atoms. The molecule has 1 amide bonds. The third-order valence-electron chi connectivity index (χ3n) is 3.57. The molecule has 6 nitrogen and oxygen atoms in total. The first-order chi connectivity index (χ1) is 8.87. The van der Waals surface area contributed by atoms with Gasteiger partial charge < -0.3 is 10.4 Å². The Morgan fingerprint density at radius 3 is 2.68 bits per heavy atom. The Bertz CT molecular complexity index is 594. The Hall–Kier alpha value is -1.63. The van der Waals surface area contributed by atoms with Gasteiger partial charge in [0, 0.05) is 12.5 Å². The lowest BCUT2D eigenvalue weighted by atomic mass is 9.83. The number of amides is 1. The van der Waals surface area contributed by atoms with Crippen LogP contribution in [0.25, 0.3) is 0 Å². The van der Waals surface area contributed by atoms with Gasteiger partial charge in [0.1, 0.15) is 16.2 Å². The molecule has 0 saturated heterocycles. The molecule has 7 heteroatoms. The second-order valence-electron chi connectivity index (χ2n) is 4.77. The van der Waals surface area contributed by atoms with Crippen LogP contribution in [-0.2, 0) is 21.2 Å². The SMILES string of the molecule is CS(=O)(=O)C1(C(=O)NCc2ncccc2O)CCC1. The van der Waals surface area contributed by atoms with Gasteiger partial charge in [-0.25, -0.2) is 8.42 Å². The van der Waals surface area contributed by atoms with E-state index in [4.69, 9.17) is 0 Å². The van der Waals surface area contributed by atoms with Crippen molar-refractivity contribution in [2.24, 2.45) is 0 Å². The maximum Gasteiger partial charge on any atom is 0.241 e. The fourth-order valence-electron chi connectivity index (χ4n) is 2.15. The average Bonchev–Trinajstić information content (AvgIpc) is 2.24. The highest BCUT2D eigenvalue weighted by Crippen LogP contribution is 2.39. The molecule has 1 heterocycles. The van der Waals surface area contributed by atoms with Gasteiger partial charge >= 0.3 is 0 Å². The number of sulfone groups is 1. The van der Waals surface area contributed by atoms with E-state index in [2.05, 4.69) is 10.3 Å². The monoisotopic (exact) mass is 284 g/mol. The van der Waals surface area contributed by atoms with Crippen LogP contribution in [0.5, 0.6) is 5.75 Å². The van der Waals surface area contributed by atoms with Gasteiger partial charge in [0.2, 0.25) is 5.91 Å². The van der Waals surface area contributed by atoms with Gasteiger partial charge in [-0.3, -0.25) is 9.78 Å². The molecule has 0 aliphatic heterocycles. The Morgan fingerprint density at radius 2 is 2.21 bits per heavy atom. The number of rotatable bonds is 4.